The molecular formula is C16H15BrN4O2S. The van der Waals surface area contributed by atoms with Crippen LogP contribution in [0.15, 0.2) is 40.9 Å². The largest absolute Gasteiger partial charge is 0.494 e. The lowest BCUT2D eigenvalue weighted by atomic mass is 10.2. The van der Waals surface area contributed by atoms with Crippen molar-refractivity contribution in [2.24, 2.45) is 5.84 Å². The Balaban J connectivity index is 1.82. The summed E-state index contributed by atoms with van der Waals surface area (Å²) in [6.07, 6.45) is 0. The SMILES string of the molecule is CCOc1ccc(C(=O)Nc2cc(Br)c3nc(NN)sc3c2)cc1. The molecule has 0 aliphatic rings. The number of carbonyl (C=O) groups is 1. The number of nitrogen functional groups attached to an aromatic ring is 1. The molecule has 1 aromatic heterocycles. The number of hydrazine groups is 1. The van der Waals surface area contributed by atoms with Gasteiger partial charge in [0.1, 0.15) is 5.75 Å². The summed E-state index contributed by atoms with van der Waals surface area (Å²) in [6, 6.07) is 10.7. The summed E-state index contributed by atoms with van der Waals surface area (Å²) in [5.41, 5.74) is 4.57. The van der Waals surface area contributed by atoms with Gasteiger partial charge in [-0.15, -0.1) is 0 Å². The molecule has 6 nitrogen and oxygen atoms in total. The molecule has 0 bridgehead atoms. The van der Waals surface area contributed by atoms with Crippen LogP contribution in [0.5, 0.6) is 5.75 Å². The molecule has 1 amide bonds. The van der Waals surface area contributed by atoms with E-state index in [0.717, 1.165) is 20.4 Å². The van der Waals surface area contributed by atoms with Gasteiger partial charge in [0.25, 0.3) is 5.91 Å². The van der Waals surface area contributed by atoms with E-state index in [0.29, 0.717) is 23.0 Å². The molecule has 0 radical (unpaired) electrons. The fraction of sp³-hybridized carbons (Fsp3) is 0.125. The molecule has 8 heteroatoms. The predicted molar refractivity (Wildman–Crippen MR) is 101 cm³/mol. The zero-order valence-electron chi connectivity index (χ0n) is 12.8. The maximum Gasteiger partial charge on any atom is 0.255 e. The molecule has 1 heterocycles. The molecule has 0 unspecified atom stereocenters. The Hall–Kier alpha value is -2.16. The average Bonchev–Trinajstić information content (AvgIpc) is 2.99. The number of halogens is 1. The van der Waals surface area contributed by atoms with Crippen molar-refractivity contribution in [3.05, 3.63) is 46.4 Å². The Morgan fingerprint density at radius 1 is 1.33 bits per heavy atom. The number of thiazole rings is 1. The van der Waals surface area contributed by atoms with Gasteiger partial charge in [-0.05, 0) is 59.3 Å². The summed E-state index contributed by atoms with van der Waals surface area (Å²) >= 11 is 4.88. The monoisotopic (exact) mass is 406 g/mol. The topological polar surface area (TPSA) is 89.3 Å². The first kappa shape index (κ1) is 16.7. The van der Waals surface area contributed by atoms with Gasteiger partial charge in [0.2, 0.25) is 0 Å². The number of benzene rings is 2. The summed E-state index contributed by atoms with van der Waals surface area (Å²) in [7, 11) is 0. The summed E-state index contributed by atoms with van der Waals surface area (Å²) in [4.78, 5) is 16.7. The van der Waals surface area contributed by atoms with E-state index in [9.17, 15) is 4.79 Å². The normalized spacial score (nSPS) is 10.6. The Labute approximate surface area is 151 Å². The van der Waals surface area contributed by atoms with Crippen molar-refractivity contribution < 1.29 is 9.53 Å². The maximum atomic E-state index is 12.4. The lowest BCUT2D eigenvalue weighted by Crippen LogP contribution is -2.11. The number of amides is 1. The van der Waals surface area contributed by atoms with Crippen molar-refractivity contribution in [2.45, 2.75) is 6.92 Å². The van der Waals surface area contributed by atoms with E-state index in [1.54, 1.807) is 24.3 Å². The van der Waals surface area contributed by atoms with E-state index in [2.05, 4.69) is 31.7 Å². The molecule has 3 aromatic rings. The second kappa shape index (κ2) is 7.16. The molecule has 0 saturated heterocycles. The Bertz CT molecular complexity index is 880. The molecule has 0 aliphatic carbocycles. The standard InChI is InChI=1S/C16H15BrN4O2S/c1-2-23-11-5-3-9(4-6-11)15(22)19-10-7-12(17)14-13(8-10)24-16(20-14)21-18/h3-8H,2,18H2,1H3,(H,19,22)(H,20,21). The number of aromatic nitrogens is 1. The van der Waals surface area contributed by atoms with E-state index in [1.165, 1.54) is 11.3 Å². The van der Waals surface area contributed by atoms with Crippen LogP contribution in [0, 0.1) is 0 Å². The molecule has 0 fully saturated rings. The third kappa shape index (κ3) is 3.50. The van der Waals surface area contributed by atoms with Crippen LogP contribution in [-0.4, -0.2) is 17.5 Å². The van der Waals surface area contributed by atoms with Crippen molar-refractivity contribution in [2.75, 3.05) is 17.3 Å². The highest BCUT2D eigenvalue weighted by Gasteiger charge is 2.11. The number of anilines is 2. The molecule has 0 atom stereocenters. The van der Waals surface area contributed by atoms with E-state index >= 15 is 0 Å². The summed E-state index contributed by atoms with van der Waals surface area (Å²) < 4.78 is 7.08. The van der Waals surface area contributed by atoms with E-state index in [4.69, 9.17) is 10.6 Å². The van der Waals surface area contributed by atoms with Crippen LogP contribution in [0.25, 0.3) is 10.2 Å². The first-order chi connectivity index (χ1) is 11.6. The second-order valence-electron chi connectivity index (χ2n) is 4.88. The molecule has 4 N–H and O–H groups in total. The third-order valence-corrected chi connectivity index (χ3v) is 4.80. The van der Waals surface area contributed by atoms with Crippen molar-refractivity contribution in [1.29, 1.82) is 0 Å². The van der Waals surface area contributed by atoms with Gasteiger partial charge in [-0.25, -0.2) is 10.8 Å². The molecule has 124 valence electrons. The number of hydrogen-bond donors (Lipinski definition) is 3. The lowest BCUT2D eigenvalue weighted by molar-refractivity contribution is 0.102. The van der Waals surface area contributed by atoms with Gasteiger partial charge in [-0.2, -0.15) is 0 Å². The smallest absolute Gasteiger partial charge is 0.255 e. The second-order valence-corrected chi connectivity index (χ2v) is 6.76. The first-order valence-electron chi connectivity index (χ1n) is 7.21. The Kier molecular flexibility index (Phi) is 4.98. The highest BCUT2D eigenvalue weighted by atomic mass is 79.9. The van der Waals surface area contributed by atoms with Gasteiger partial charge >= 0.3 is 0 Å². The molecule has 24 heavy (non-hydrogen) atoms. The molecule has 0 aliphatic heterocycles. The van der Waals surface area contributed by atoms with Crippen LogP contribution in [0.1, 0.15) is 17.3 Å². The summed E-state index contributed by atoms with van der Waals surface area (Å²) in [5, 5.41) is 3.50. The molecular weight excluding hydrogens is 392 g/mol. The van der Waals surface area contributed by atoms with Crippen LogP contribution in [-0.2, 0) is 0 Å². The number of hydrogen-bond acceptors (Lipinski definition) is 6. The fourth-order valence-corrected chi connectivity index (χ4v) is 3.72. The average molecular weight is 407 g/mol. The predicted octanol–water partition coefficient (Wildman–Crippen LogP) is 4.00. The third-order valence-electron chi connectivity index (χ3n) is 3.26. The Morgan fingerprint density at radius 2 is 2.08 bits per heavy atom. The molecule has 3 rings (SSSR count). The van der Waals surface area contributed by atoms with Gasteiger partial charge in [0, 0.05) is 15.7 Å². The number of nitrogens with one attached hydrogen (secondary N) is 2. The quantitative estimate of drug-likeness (QED) is 0.440. The van der Waals surface area contributed by atoms with Gasteiger partial charge in [0.05, 0.1) is 16.8 Å². The number of rotatable bonds is 5. The summed E-state index contributed by atoms with van der Waals surface area (Å²) in [6.45, 7) is 2.51. The zero-order valence-corrected chi connectivity index (χ0v) is 15.2. The van der Waals surface area contributed by atoms with Gasteiger partial charge in [-0.3, -0.25) is 10.2 Å². The van der Waals surface area contributed by atoms with E-state index in [1.807, 2.05) is 19.1 Å². The number of carbonyl (C=O) groups excluding carboxylic acids is 1. The maximum absolute atomic E-state index is 12.4. The highest BCUT2D eigenvalue weighted by Crippen LogP contribution is 2.33. The molecule has 0 spiro atoms. The fourth-order valence-electron chi connectivity index (χ4n) is 2.20. The Morgan fingerprint density at radius 3 is 2.75 bits per heavy atom. The highest BCUT2D eigenvalue weighted by molar-refractivity contribution is 9.10. The zero-order chi connectivity index (χ0) is 17.1. The number of nitrogens with two attached hydrogens (primary N) is 1. The van der Waals surface area contributed by atoms with Crippen molar-refractivity contribution in [1.82, 2.24) is 4.98 Å². The molecule has 2 aromatic carbocycles. The van der Waals surface area contributed by atoms with Crippen molar-refractivity contribution >= 4 is 54.2 Å². The van der Waals surface area contributed by atoms with Crippen LogP contribution in [0.4, 0.5) is 10.8 Å². The van der Waals surface area contributed by atoms with Crippen molar-refractivity contribution in [3.8, 4) is 5.75 Å². The van der Waals surface area contributed by atoms with E-state index < -0.39 is 0 Å². The minimum atomic E-state index is -0.189. The first-order valence-corrected chi connectivity index (χ1v) is 8.82. The van der Waals surface area contributed by atoms with Crippen LogP contribution < -0.4 is 21.3 Å². The van der Waals surface area contributed by atoms with Crippen LogP contribution >= 0.6 is 27.3 Å². The van der Waals surface area contributed by atoms with E-state index in [-0.39, 0.29) is 5.91 Å². The minimum Gasteiger partial charge on any atom is -0.494 e. The lowest BCUT2D eigenvalue weighted by Gasteiger charge is -2.07. The number of ether oxygens (including phenoxy) is 1. The number of fused-ring (bicyclic) bond motifs is 1. The summed E-state index contributed by atoms with van der Waals surface area (Å²) in [5.74, 6) is 5.95. The van der Waals surface area contributed by atoms with Gasteiger partial charge in [-0.1, -0.05) is 11.3 Å². The van der Waals surface area contributed by atoms with Crippen molar-refractivity contribution in [3.63, 3.8) is 0 Å². The van der Waals surface area contributed by atoms with Crippen LogP contribution in [0.2, 0.25) is 0 Å². The number of nitrogens with zero attached hydrogens (tertiary/aromatic N) is 1. The van der Waals surface area contributed by atoms with Gasteiger partial charge < -0.3 is 10.1 Å². The van der Waals surface area contributed by atoms with Gasteiger partial charge in [0.15, 0.2) is 5.13 Å². The van der Waals surface area contributed by atoms with Crippen LogP contribution in [0.3, 0.4) is 0 Å². The molecule has 0 saturated carbocycles. The minimum absolute atomic E-state index is 0.189.